The van der Waals surface area contributed by atoms with Crippen LogP contribution in [0, 0.1) is 5.82 Å². The fourth-order valence-corrected chi connectivity index (χ4v) is 1.47. The number of hydrogen-bond donors (Lipinski definition) is 1. The van der Waals surface area contributed by atoms with Gasteiger partial charge >= 0.3 is 5.97 Å². The Morgan fingerprint density at radius 1 is 1.50 bits per heavy atom. The van der Waals surface area contributed by atoms with Crippen molar-refractivity contribution in [2.24, 2.45) is 0 Å². The zero-order chi connectivity index (χ0) is 12.3. The lowest BCUT2D eigenvalue weighted by molar-refractivity contribution is -0.148. The van der Waals surface area contributed by atoms with Gasteiger partial charge in [-0.3, -0.25) is 9.69 Å². The second-order valence-corrected chi connectivity index (χ2v) is 4.28. The first kappa shape index (κ1) is 12.6. The Morgan fingerprint density at radius 3 is 2.56 bits per heavy atom. The molecule has 1 N–H and O–H groups in total. The Morgan fingerprint density at radius 2 is 2.12 bits per heavy atom. The Kier molecular flexibility index (Phi) is 3.65. The SMILES string of the molecule is CN(C)C(C)(Cc1cccc(F)c1)C(=O)O. The normalized spacial score (nSPS) is 14.8. The second kappa shape index (κ2) is 4.61. The maximum atomic E-state index is 13.0. The van der Waals surface area contributed by atoms with E-state index in [4.69, 9.17) is 0 Å². The predicted octanol–water partition coefficient (Wildman–Crippen LogP) is 1.77. The molecule has 0 aliphatic rings. The number of carboxylic acid groups (broad SMARTS) is 1. The van der Waals surface area contributed by atoms with Crippen LogP contribution in [-0.2, 0) is 11.2 Å². The van der Waals surface area contributed by atoms with Crippen LogP contribution in [0.25, 0.3) is 0 Å². The second-order valence-electron chi connectivity index (χ2n) is 4.28. The molecule has 1 unspecified atom stereocenters. The molecular weight excluding hydrogens is 209 g/mol. The van der Waals surface area contributed by atoms with Crippen LogP contribution in [0.3, 0.4) is 0 Å². The van der Waals surface area contributed by atoms with Crippen molar-refractivity contribution in [1.82, 2.24) is 4.90 Å². The van der Waals surface area contributed by atoms with E-state index in [0.29, 0.717) is 5.56 Å². The average molecular weight is 225 g/mol. The van der Waals surface area contributed by atoms with Crippen LogP contribution < -0.4 is 0 Å². The first-order valence-corrected chi connectivity index (χ1v) is 5.01. The van der Waals surface area contributed by atoms with Crippen LogP contribution >= 0.6 is 0 Å². The third kappa shape index (κ3) is 2.58. The van der Waals surface area contributed by atoms with Gasteiger partial charge in [-0.05, 0) is 38.7 Å². The maximum Gasteiger partial charge on any atom is 0.324 e. The van der Waals surface area contributed by atoms with Crippen LogP contribution in [0.4, 0.5) is 4.39 Å². The molecule has 16 heavy (non-hydrogen) atoms. The highest BCUT2D eigenvalue weighted by Crippen LogP contribution is 2.19. The van der Waals surface area contributed by atoms with E-state index in [2.05, 4.69) is 0 Å². The van der Waals surface area contributed by atoms with Gasteiger partial charge in [-0.2, -0.15) is 0 Å². The van der Waals surface area contributed by atoms with Crippen molar-refractivity contribution in [2.45, 2.75) is 18.9 Å². The van der Waals surface area contributed by atoms with Crippen LogP contribution in [-0.4, -0.2) is 35.6 Å². The van der Waals surface area contributed by atoms with E-state index >= 15 is 0 Å². The minimum atomic E-state index is -1.02. The molecule has 1 atom stereocenters. The van der Waals surface area contributed by atoms with Gasteiger partial charge < -0.3 is 5.11 Å². The van der Waals surface area contributed by atoms with Crippen LogP contribution in [0.2, 0.25) is 0 Å². The molecule has 0 heterocycles. The van der Waals surface area contributed by atoms with Gasteiger partial charge in [0.15, 0.2) is 0 Å². The van der Waals surface area contributed by atoms with E-state index in [1.807, 2.05) is 0 Å². The summed E-state index contributed by atoms with van der Waals surface area (Å²) in [5.41, 5.74) is -0.341. The van der Waals surface area contributed by atoms with Crippen molar-refractivity contribution in [3.63, 3.8) is 0 Å². The van der Waals surface area contributed by atoms with Gasteiger partial charge in [0.05, 0.1) is 0 Å². The van der Waals surface area contributed by atoms with E-state index in [-0.39, 0.29) is 12.2 Å². The summed E-state index contributed by atoms with van der Waals surface area (Å²) in [4.78, 5) is 12.8. The maximum absolute atomic E-state index is 13.0. The summed E-state index contributed by atoms with van der Waals surface area (Å²) in [6.07, 6.45) is 0.271. The lowest BCUT2D eigenvalue weighted by Gasteiger charge is -2.32. The Labute approximate surface area is 94.5 Å². The van der Waals surface area contributed by atoms with E-state index < -0.39 is 11.5 Å². The highest BCUT2D eigenvalue weighted by atomic mass is 19.1. The number of hydrogen-bond acceptors (Lipinski definition) is 2. The molecule has 88 valence electrons. The van der Waals surface area contributed by atoms with Crippen molar-refractivity contribution in [1.29, 1.82) is 0 Å². The lowest BCUT2D eigenvalue weighted by Crippen LogP contribution is -2.50. The largest absolute Gasteiger partial charge is 0.480 e. The first-order chi connectivity index (χ1) is 7.36. The minimum absolute atomic E-state index is 0.271. The summed E-state index contributed by atoms with van der Waals surface area (Å²) in [5.74, 6) is -1.26. The van der Waals surface area contributed by atoms with Gasteiger partial charge in [0.1, 0.15) is 11.4 Å². The van der Waals surface area contributed by atoms with Gasteiger partial charge in [-0.15, -0.1) is 0 Å². The average Bonchev–Trinajstić information content (AvgIpc) is 2.16. The van der Waals surface area contributed by atoms with E-state index in [1.165, 1.54) is 12.1 Å². The molecule has 0 spiro atoms. The summed E-state index contributed by atoms with van der Waals surface area (Å²) in [6.45, 7) is 1.63. The number of likely N-dealkylation sites (N-methyl/N-ethyl adjacent to an activating group) is 1. The zero-order valence-electron chi connectivity index (χ0n) is 9.70. The smallest absolute Gasteiger partial charge is 0.324 e. The molecule has 1 aromatic rings. The van der Waals surface area contributed by atoms with Crippen LogP contribution in [0.15, 0.2) is 24.3 Å². The molecule has 0 saturated carbocycles. The van der Waals surface area contributed by atoms with E-state index in [1.54, 1.807) is 38.1 Å². The number of nitrogens with zero attached hydrogens (tertiary/aromatic N) is 1. The number of aliphatic carboxylic acids is 1. The first-order valence-electron chi connectivity index (χ1n) is 5.01. The van der Waals surface area contributed by atoms with Gasteiger partial charge in [0.25, 0.3) is 0 Å². The quantitative estimate of drug-likeness (QED) is 0.849. The van der Waals surface area contributed by atoms with Crippen molar-refractivity contribution < 1.29 is 14.3 Å². The summed E-state index contributed by atoms with van der Waals surface area (Å²) in [5, 5.41) is 9.20. The number of rotatable bonds is 4. The Bertz CT molecular complexity index is 392. The monoisotopic (exact) mass is 225 g/mol. The predicted molar refractivity (Wildman–Crippen MR) is 59.8 cm³/mol. The molecule has 3 nitrogen and oxygen atoms in total. The number of halogens is 1. The molecule has 0 aliphatic heterocycles. The van der Waals surface area contributed by atoms with Crippen molar-refractivity contribution in [3.8, 4) is 0 Å². The summed E-state index contributed by atoms with van der Waals surface area (Å²) in [6, 6.07) is 6.03. The fourth-order valence-electron chi connectivity index (χ4n) is 1.47. The molecule has 0 radical (unpaired) electrons. The summed E-state index contributed by atoms with van der Waals surface area (Å²) in [7, 11) is 3.40. The van der Waals surface area contributed by atoms with E-state index in [0.717, 1.165) is 0 Å². The topological polar surface area (TPSA) is 40.5 Å². The Hall–Kier alpha value is -1.42. The highest BCUT2D eigenvalue weighted by Gasteiger charge is 2.35. The lowest BCUT2D eigenvalue weighted by atomic mass is 9.92. The molecule has 0 saturated heterocycles. The van der Waals surface area contributed by atoms with Gasteiger partial charge in [-0.25, -0.2) is 4.39 Å². The molecule has 1 aromatic carbocycles. The number of carbonyl (C=O) groups is 1. The van der Waals surface area contributed by atoms with E-state index in [9.17, 15) is 14.3 Å². The third-order valence-corrected chi connectivity index (χ3v) is 2.89. The summed E-state index contributed by atoms with van der Waals surface area (Å²) < 4.78 is 13.0. The summed E-state index contributed by atoms with van der Waals surface area (Å²) >= 11 is 0. The van der Waals surface area contributed by atoms with Gasteiger partial charge in [0, 0.05) is 6.42 Å². The standard InChI is InChI=1S/C12H16FNO2/c1-12(11(15)16,14(2)3)8-9-5-4-6-10(13)7-9/h4-7H,8H2,1-3H3,(H,15,16). The molecule has 4 heteroatoms. The molecule has 0 fully saturated rings. The molecule has 0 aliphatic carbocycles. The van der Waals surface area contributed by atoms with Crippen molar-refractivity contribution in [3.05, 3.63) is 35.6 Å². The van der Waals surface area contributed by atoms with Gasteiger partial charge in [0.2, 0.25) is 0 Å². The minimum Gasteiger partial charge on any atom is -0.480 e. The molecular formula is C12H16FNO2. The number of carboxylic acids is 1. The van der Waals surface area contributed by atoms with Crippen molar-refractivity contribution >= 4 is 5.97 Å². The highest BCUT2D eigenvalue weighted by molar-refractivity contribution is 5.78. The fraction of sp³-hybridized carbons (Fsp3) is 0.417. The molecule has 0 aromatic heterocycles. The van der Waals surface area contributed by atoms with Crippen LogP contribution in [0.5, 0.6) is 0 Å². The Balaban J connectivity index is 2.97. The zero-order valence-corrected chi connectivity index (χ0v) is 9.70. The van der Waals surface area contributed by atoms with Gasteiger partial charge in [-0.1, -0.05) is 12.1 Å². The van der Waals surface area contributed by atoms with Crippen LogP contribution in [0.1, 0.15) is 12.5 Å². The molecule has 0 amide bonds. The number of benzene rings is 1. The molecule has 0 bridgehead atoms. The van der Waals surface area contributed by atoms with Crippen molar-refractivity contribution in [2.75, 3.05) is 14.1 Å². The molecule has 1 rings (SSSR count). The third-order valence-electron chi connectivity index (χ3n) is 2.89.